The summed E-state index contributed by atoms with van der Waals surface area (Å²) in [5.74, 6) is -0.0968. The number of ether oxygens (including phenoxy) is 1. The smallest absolute Gasteiger partial charge is 0.319 e. The second kappa shape index (κ2) is 8.57. The van der Waals surface area contributed by atoms with Gasteiger partial charge in [0, 0.05) is 6.04 Å². The van der Waals surface area contributed by atoms with Crippen LogP contribution in [0.2, 0.25) is 0 Å². The molecule has 0 radical (unpaired) electrons. The van der Waals surface area contributed by atoms with E-state index in [4.69, 9.17) is 4.74 Å². The molecule has 1 rings (SSSR count). The molecule has 1 saturated carbocycles. The van der Waals surface area contributed by atoms with E-state index < -0.39 is 0 Å². The number of unbranched alkanes of at least 4 members (excludes halogenated alkanes) is 5. The quantitative estimate of drug-likeness (QED) is 0.460. The van der Waals surface area contributed by atoms with Crippen LogP contribution < -0.4 is 5.32 Å². The van der Waals surface area contributed by atoms with Crippen molar-refractivity contribution in [3.63, 3.8) is 0 Å². The maximum Gasteiger partial charge on any atom is 0.319 e. The SMILES string of the molecule is CCCCCCCCOC(=O)CNC1CC1. The minimum Gasteiger partial charge on any atom is -0.465 e. The number of esters is 1. The second-order valence-electron chi connectivity index (χ2n) is 4.64. The number of rotatable bonds is 10. The first-order chi connectivity index (χ1) is 7.83. The Morgan fingerprint density at radius 1 is 1.19 bits per heavy atom. The summed E-state index contributed by atoms with van der Waals surface area (Å²) in [6.07, 6.45) is 9.81. The third-order valence-corrected chi connectivity index (χ3v) is 2.87. The molecule has 1 aliphatic carbocycles. The van der Waals surface area contributed by atoms with E-state index in [0.29, 0.717) is 19.2 Å². The first-order valence-electron chi connectivity index (χ1n) is 6.72. The number of hydrogen-bond donors (Lipinski definition) is 1. The molecule has 3 nitrogen and oxygen atoms in total. The normalized spacial score (nSPS) is 15.1. The summed E-state index contributed by atoms with van der Waals surface area (Å²) in [7, 11) is 0. The van der Waals surface area contributed by atoms with Gasteiger partial charge in [0.25, 0.3) is 0 Å². The lowest BCUT2D eigenvalue weighted by atomic mass is 10.1. The van der Waals surface area contributed by atoms with Crippen LogP contribution in [0.4, 0.5) is 0 Å². The Labute approximate surface area is 98.9 Å². The molecule has 16 heavy (non-hydrogen) atoms. The van der Waals surface area contributed by atoms with Gasteiger partial charge in [-0.3, -0.25) is 4.79 Å². The van der Waals surface area contributed by atoms with Crippen LogP contribution in [0.1, 0.15) is 58.3 Å². The van der Waals surface area contributed by atoms with E-state index in [1.165, 1.54) is 44.9 Å². The lowest BCUT2D eigenvalue weighted by Gasteiger charge is -2.05. The van der Waals surface area contributed by atoms with E-state index in [1.54, 1.807) is 0 Å². The van der Waals surface area contributed by atoms with E-state index >= 15 is 0 Å². The van der Waals surface area contributed by atoms with Gasteiger partial charge < -0.3 is 10.1 Å². The van der Waals surface area contributed by atoms with Crippen molar-refractivity contribution in [3.8, 4) is 0 Å². The highest BCUT2D eigenvalue weighted by molar-refractivity contribution is 5.71. The van der Waals surface area contributed by atoms with E-state index in [9.17, 15) is 4.79 Å². The molecular formula is C13H25NO2. The van der Waals surface area contributed by atoms with Crippen molar-refractivity contribution in [2.45, 2.75) is 64.3 Å². The Hall–Kier alpha value is -0.570. The van der Waals surface area contributed by atoms with Crippen molar-refractivity contribution in [1.29, 1.82) is 0 Å². The zero-order chi connectivity index (χ0) is 11.6. The van der Waals surface area contributed by atoms with Crippen LogP contribution in [-0.4, -0.2) is 25.2 Å². The first kappa shape index (κ1) is 13.5. The van der Waals surface area contributed by atoms with Gasteiger partial charge in [0.1, 0.15) is 0 Å². The molecular weight excluding hydrogens is 202 g/mol. The molecule has 0 aliphatic heterocycles. The van der Waals surface area contributed by atoms with E-state index in [2.05, 4.69) is 12.2 Å². The van der Waals surface area contributed by atoms with Crippen molar-refractivity contribution in [2.24, 2.45) is 0 Å². The third-order valence-electron chi connectivity index (χ3n) is 2.87. The Morgan fingerprint density at radius 2 is 1.88 bits per heavy atom. The molecule has 0 saturated heterocycles. The Bertz CT molecular complexity index is 190. The van der Waals surface area contributed by atoms with Gasteiger partial charge in [0.2, 0.25) is 0 Å². The fourth-order valence-electron chi connectivity index (χ4n) is 1.63. The summed E-state index contributed by atoms with van der Waals surface area (Å²) in [5, 5.41) is 3.15. The van der Waals surface area contributed by atoms with Gasteiger partial charge in [-0.2, -0.15) is 0 Å². The number of carbonyl (C=O) groups excluding carboxylic acids is 1. The standard InChI is InChI=1S/C13H25NO2/c1-2-3-4-5-6-7-10-16-13(15)11-14-12-8-9-12/h12,14H,2-11H2,1H3. The summed E-state index contributed by atoms with van der Waals surface area (Å²) >= 11 is 0. The van der Waals surface area contributed by atoms with Crippen LogP contribution in [0.5, 0.6) is 0 Å². The third kappa shape index (κ3) is 7.69. The minimum absolute atomic E-state index is 0.0968. The summed E-state index contributed by atoms with van der Waals surface area (Å²) in [4.78, 5) is 11.2. The van der Waals surface area contributed by atoms with Gasteiger partial charge in [0.05, 0.1) is 13.2 Å². The molecule has 0 heterocycles. The number of carbonyl (C=O) groups is 1. The van der Waals surface area contributed by atoms with Crippen LogP contribution in [0.15, 0.2) is 0 Å². The summed E-state index contributed by atoms with van der Waals surface area (Å²) in [6.45, 7) is 3.20. The molecule has 0 aromatic heterocycles. The average molecular weight is 227 g/mol. The summed E-state index contributed by atoms with van der Waals surface area (Å²) in [5.41, 5.74) is 0. The Kier molecular flexibility index (Phi) is 7.23. The molecule has 0 amide bonds. The fourth-order valence-corrected chi connectivity index (χ4v) is 1.63. The summed E-state index contributed by atoms with van der Waals surface area (Å²) < 4.78 is 5.13. The molecule has 1 N–H and O–H groups in total. The van der Waals surface area contributed by atoms with Crippen LogP contribution in [0, 0.1) is 0 Å². The molecule has 0 aromatic rings. The van der Waals surface area contributed by atoms with E-state index in [0.717, 1.165) is 6.42 Å². The predicted octanol–water partition coefficient (Wildman–Crippen LogP) is 2.64. The van der Waals surface area contributed by atoms with Crippen LogP contribution in [0.25, 0.3) is 0 Å². The van der Waals surface area contributed by atoms with Crippen molar-refractivity contribution in [3.05, 3.63) is 0 Å². The molecule has 0 atom stereocenters. The van der Waals surface area contributed by atoms with Gasteiger partial charge in [-0.25, -0.2) is 0 Å². The highest BCUT2D eigenvalue weighted by Crippen LogP contribution is 2.17. The van der Waals surface area contributed by atoms with Crippen LogP contribution in [0.3, 0.4) is 0 Å². The minimum atomic E-state index is -0.0968. The van der Waals surface area contributed by atoms with Gasteiger partial charge in [-0.1, -0.05) is 39.0 Å². The Balaban J connectivity index is 1.76. The maximum atomic E-state index is 11.2. The lowest BCUT2D eigenvalue weighted by Crippen LogP contribution is -2.26. The number of nitrogens with one attached hydrogen (secondary N) is 1. The van der Waals surface area contributed by atoms with Gasteiger partial charge in [-0.05, 0) is 19.3 Å². The van der Waals surface area contributed by atoms with Gasteiger partial charge in [-0.15, -0.1) is 0 Å². The monoisotopic (exact) mass is 227 g/mol. The molecule has 1 aliphatic rings. The molecule has 0 aromatic carbocycles. The highest BCUT2D eigenvalue weighted by Gasteiger charge is 2.21. The lowest BCUT2D eigenvalue weighted by molar-refractivity contribution is -0.142. The fraction of sp³-hybridized carbons (Fsp3) is 0.923. The first-order valence-corrected chi connectivity index (χ1v) is 6.72. The molecule has 1 fully saturated rings. The molecule has 0 bridgehead atoms. The zero-order valence-corrected chi connectivity index (χ0v) is 10.5. The number of hydrogen-bond acceptors (Lipinski definition) is 3. The topological polar surface area (TPSA) is 38.3 Å². The van der Waals surface area contributed by atoms with E-state index in [1.807, 2.05) is 0 Å². The second-order valence-corrected chi connectivity index (χ2v) is 4.64. The largest absolute Gasteiger partial charge is 0.465 e. The molecule has 94 valence electrons. The summed E-state index contributed by atoms with van der Waals surface area (Å²) in [6, 6.07) is 0.585. The molecule has 3 heteroatoms. The van der Waals surface area contributed by atoms with Crippen molar-refractivity contribution >= 4 is 5.97 Å². The van der Waals surface area contributed by atoms with Crippen molar-refractivity contribution in [1.82, 2.24) is 5.32 Å². The highest BCUT2D eigenvalue weighted by atomic mass is 16.5. The molecule has 0 unspecified atom stereocenters. The van der Waals surface area contributed by atoms with E-state index in [-0.39, 0.29) is 5.97 Å². The van der Waals surface area contributed by atoms with Gasteiger partial charge in [0.15, 0.2) is 0 Å². The van der Waals surface area contributed by atoms with Crippen molar-refractivity contribution in [2.75, 3.05) is 13.2 Å². The predicted molar refractivity (Wildman–Crippen MR) is 65.4 cm³/mol. The van der Waals surface area contributed by atoms with Crippen molar-refractivity contribution < 1.29 is 9.53 Å². The Morgan fingerprint density at radius 3 is 2.56 bits per heavy atom. The zero-order valence-electron chi connectivity index (χ0n) is 10.5. The van der Waals surface area contributed by atoms with Crippen LogP contribution in [-0.2, 0) is 9.53 Å². The average Bonchev–Trinajstić information content (AvgIpc) is 3.09. The van der Waals surface area contributed by atoms with Gasteiger partial charge >= 0.3 is 5.97 Å². The maximum absolute atomic E-state index is 11.2. The molecule has 0 spiro atoms. The van der Waals surface area contributed by atoms with Crippen LogP contribution >= 0.6 is 0 Å².